The van der Waals surface area contributed by atoms with E-state index in [2.05, 4.69) is 25.5 Å². The maximum Gasteiger partial charge on any atom is 0.159 e. The van der Waals surface area contributed by atoms with Crippen LogP contribution in [0.2, 0.25) is 0 Å². The molecule has 0 atom stereocenters. The van der Waals surface area contributed by atoms with Gasteiger partial charge in [-0.1, -0.05) is 0 Å². The van der Waals surface area contributed by atoms with Gasteiger partial charge in [-0.25, -0.2) is 19.3 Å². The first-order chi connectivity index (χ1) is 15.6. The second-order valence-corrected chi connectivity index (χ2v) is 8.30. The van der Waals surface area contributed by atoms with E-state index in [4.69, 9.17) is 10.7 Å². The molecule has 32 heavy (non-hydrogen) atoms. The number of rotatable bonds is 7. The molecule has 0 spiro atoms. The topological polar surface area (TPSA) is 96.7 Å². The summed E-state index contributed by atoms with van der Waals surface area (Å²) in [5.74, 6) is 1.52. The van der Waals surface area contributed by atoms with E-state index in [9.17, 15) is 9.65 Å². The molecule has 2 N–H and O–H groups in total. The summed E-state index contributed by atoms with van der Waals surface area (Å²) in [5, 5.41) is 9.40. The fourth-order valence-corrected chi connectivity index (χ4v) is 4.08. The van der Waals surface area contributed by atoms with Crippen LogP contribution in [-0.4, -0.2) is 50.2 Å². The number of hydrogen-bond acceptors (Lipinski definition) is 6. The van der Waals surface area contributed by atoms with Gasteiger partial charge in [0.25, 0.3) is 0 Å². The van der Waals surface area contributed by atoms with Crippen molar-refractivity contribution in [2.45, 2.75) is 45.4 Å². The predicted octanol–water partition coefficient (Wildman–Crippen LogP) is 3.00. The summed E-state index contributed by atoms with van der Waals surface area (Å²) in [6.07, 6.45) is 6.90. The van der Waals surface area contributed by atoms with Crippen molar-refractivity contribution in [3.8, 4) is 17.5 Å². The predicted molar refractivity (Wildman–Crippen MR) is 120 cm³/mol. The van der Waals surface area contributed by atoms with Crippen LogP contribution in [-0.2, 0) is 19.5 Å². The quantitative estimate of drug-likeness (QED) is 0.615. The summed E-state index contributed by atoms with van der Waals surface area (Å²) < 4.78 is 15.5. The number of alkyl halides is 1. The fourth-order valence-electron chi connectivity index (χ4n) is 4.08. The van der Waals surface area contributed by atoms with Crippen LogP contribution >= 0.6 is 0 Å². The minimum atomic E-state index is -0.678. The van der Waals surface area contributed by atoms with Crippen molar-refractivity contribution in [3.63, 3.8) is 0 Å². The van der Waals surface area contributed by atoms with Crippen molar-refractivity contribution in [2.75, 3.05) is 19.6 Å². The van der Waals surface area contributed by atoms with E-state index in [0.717, 1.165) is 54.3 Å². The van der Waals surface area contributed by atoms with Crippen molar-refractivity contribution in [2.24, 2.45) is 5.73 Å². The normalized spacial score (nSPS) is 15.1. The average molecular weight is 434 g/mol. The molecule has 166 valence electrons. The third-order valence-electron chi connectivity index (χ3n) is 5.88. The maximum absolute atomic E-state index is 13.4. The summed E-state index contributed by atoms with van der Waals surface area (Å²) in [7, 11) is 0. The van der Waals surface area contributed by atoms with E-state index in [1.165, 1.54) is 0 Å². The zero-order valence-electron chi connectivity index (χ0n) is 18.3. The summed E-state index contributed by atoms with van der Waals surface area (Å²) in [4.78, 5) is 16.0. The van der Waals surface area contributed by atoms with Crippen LogP contribution in [0.25, 0.3) is 11.4 Å². The van der Waals surface area contributed by atoms with E-state index in [1.807, 2.05) is 25.3 Å². The van der Waals surface area contributed by atoms with Crippen LogP contribution in [0.4, 0.5) is 4.39 Å². The number of nitriles is 1. The van der Waals surface area contributed by atoms with Gasteiger partial charge in [0.1, 0.15) is 12.0 Å². The van der Waals surface area contributed by atoms with Crippen LogP contribution < -0.4 is 5.73 Å². The van der Waals surface area contributed by atoms with E-state index >= 15 is 0 Å². The Bertz CT molecular complexity index is 1090. The molecule has 0 bridgehead atoms. The van der Waals surface area contributed by atoms with Crippen LogP contribution in [0.1, 0.15) is 41.1 Å². The standard InChI is InChI=1S/C24H28FN7/c1-17-30-22(15-31-8-5-21(25)6-9-31)16-32(17)14-20-10-18(11-27)2-3-23(20)24-28-12-19(4-7-26)13-29-24/h2-3,10,12-13,16,21H,4-9,14-15,26H2,1H3. The van der Waals surface area contributed by atoms with Crippen LogP contribution in [0.15, 0.2) is 36.8 Å². The van der Waals surface area contributed by atoms with Gasteiger partial charge < -0.3 is 10.3 Å². The Kier molecular flexibility index (Phi) is 6.88. The molecule has 7 nitrogen and oxygen atoms in total. The summed E-state index contributed by atoms with van der Waals surface area (Å²) >= 11 is 0. The van der Waals surface area contributed by atoms with Crippen molar-refractivity contribution < 1.29 is 4.39 Å². The highest BCUT2D eigenvalue weighted by Crippen LogP contribution is 2.24. The number of benzene rings is 1. The zero-order valence-corrected chi connectivity index (χ0v) is 18.3. The number of nitrogens with two attached hydrogens (primary N) is 1. The van der Waals surface area contributed by atoms with E-state index in [-0.39, 0.29) is 0 Å². The number of nitrogens with zero attached hydrogens (tertiary/aromatic N) is 6. The molecule has 0 unspecified atom stereocenters. The lowest BCUT2D eigenvalue weighted by atomic mass is 10.0. The number of aryl methyl sites for hydroxylation is 1. The number of hydrogen-bond donors (Lipinski definition) is 1. The van der Waals surface area contributed by atoms with Crippen LogP contribution in [0.5, 0.6) is 0 Å². The molecule has 0 amide bonds. The Balaban J connectivity index is 1.57. The average Bonchev–Trinajstić information content (AvgIpc) is 3.14. The highest BCUT2D eigenvalue weighted by Gasteiger charge is 2.19. The molecule has 0 radical (unpaired) electrons. The number of likely N-dealkylation sites (tertiary alicyclic amines) is 1. The first-order valence-electron chi connectivity index (χ1n) is 11.0. The van der Waals surface area contributed by atoms with Crippen LogP contribution in [0, 0.1) is 18.3 Å². The smallest absolute Gasteiger partial charge is 0.159 e. The van der Waals surface area contributed by atoms with Crippen molar-refractivity contribution in [3.05, 3.63) is 65.0 Å². The molecule has 3 aromatic rings. The molecule has 8 heteroatoms. The SMILES string of the molecule is Cc1nc(CN2CCC(F)CC2)cn1Cc1cc(C#N)ccc1-c1ncc(CCN)cn1. The lowest BCUT2D eigenvalue weighted by molar-refractivity contribution is 0.144. The first-order valence-corrected chi connectivity index (χ1v) is 11.0. The minimum Gasteiger partial charge on any atom is -0.330 e. The van der Waals surface area contributed by atoms with Crippen molar-refractivity contribution in [1.29, 1.82) is 5.26 Å². The van der Waals surface area contributed by atoms with Crippen molar-refractivity contribution in [1.82, 2.24) is 24.4 Å². The third-order valence-corrected chi connectivity index (χ3v) is 5.88. The molecule has 1 fully saturated rings. The molecule has 1 saturated heterocycles. The lowest BCUT2D eigenvalue weighted by Crippen LogP contribution is -2.33. The van der Waals surface area contributed by atoms with Gasteiger partial charge >= 0.3 is 0 Å². The second kappa shape index (κ2) is 9.98. The number of aromatic nitrogens is 4. The Morgan fingerprint density at radius 2 is 1.94 bits per heavy atom. The van der Waals surface area contributed by atoms with Gasteiger partial charge in [-0.15, -0.1) is 0 Å². The largest absolute Gasteiger partial charge is 0.330 e. The lowest BCUT2D eigenvalue weighted by Gasteiger charge is -2.27. The van der Waals surface area contributed by atoms with Gasteiger partial charge in [-0.05, 0) is 62.1 Å². The highest BCUT2D eigenvalue weighted by atomic mass is 19.1. The van der Waals surface area contributed by atoms with Gasteiger partial charge in [0.2, 0.25) is 0 Å². The molecule has 3 heterocycles. The third kappa shape index (κ3) is 5.18. The van der Waals surface area contributed by atoms with E-state index in [0.29, 0.717) is 37.3 Å². The van der Waals surface area contributed by atoms with Gasteiger partial charge in [-0.3, -0.25) is 4.90 Å². The van der Waals surface area contributed by atoms with Gasteiger partial charge in [0, 0.05) is 50.3 Å². The second-order valence-electron chi connectivity index (χ2n) is 8.30. The van der Waals surface area contributed by atoms with Crippen molar-refractivity contribution >= 4 is 0 Å². The molecule has 1 aliphatic rings. The van der Waals surface area contributed by atoms with E-state index in [1.54, 1.807) is 18.5 Å². The monoisotopic (exact) mass is 433 g/mol. The summed E-state index contributed by atoms with van der Waals surface area (Å²) in [5.41, 5.74) is 10.0. The first kappa shape index (κ1) is 22.1. The maximum atomic E-state index is 13.4. The molecular formula is C24H28FN7. The molecule has 0 saturated carbocycles. The molecule has 4 rings (SSSR count). The Labute approximate surface area is 187 Å². The summed E-state index contributed by atoms with van der Waals surface area (Å²) in [6.45, 7) is 5.33. The number of piperidine rings is 1. The Morgan fingerprint density at radius 3 is 2.62 bits per heavy atom. The highest BCUT2D eigenvalue weighted by molar-refractivity contribution is 5.62. The molecule has 1 aromatic carbocycles. The van der Waals surface area contributed by atoms with E-state index < -0.39 is 6.17 Å². The molecule has 1 aliphatic heterocycles. The fraction of sp³-hybridized carbons (Fsp3) is 0.417. The number of imidazole rings is 1. The minimum absolute atomic E-state index is 0.554. The Hall–Kier alpha value is -3.15. The molecule has 2 aromatic heterocycles. The Morgan fingerprint density at radius 1 is 1.19 bits per heavy atom. The zero-order chi connectivity index (χ0) is 22.5. The van der Waals surface area contributed by atoms with Crippen LogP contribution in [0.3, 0.4) is 0 Å². The van der Waals surface area contributed by atoms with Gasteiger partial charge in [0.05, 0.1) is 17.3 Å². The van der Waals surface area contributed by atoms with Gasteiger partial charge in [0.15, 0.2) is 5.82 Å². The van der Waals surface area contributed by atoms with Gasteiger partial charge in [-0.2, -0.15) is 5.26 Å². The number of halogens is 1. The molecule has 0 aliphatic carbocycles. The summed E-state index contributed by atoms with van der Waals surface area (Å²) in [6, 6.07) is 7.80. The molecular weight excluding hydrogens is 405 g/mol.